The van der Waals surface area contributed by atoms with E-state index < -0.39 is 0 Å². The molecule has 2 nitrogen and oxygen atoms in total. The molecule has 2 heteroatoms. The van der Waals surface area contributed by atoms with Crippen LogP contribution >= 0.6 is 0 Å². The van der Waals surface area contributed by atoms with Crippen molar-refractivity contribution in [1.82, 2.24) is 0 Å². The molecule has 0 aliphatic heterocycles. The summed E-state index contributed by atoms with van der Waals surface area (Å²) in [6.45, 7) is 6.53. The van der Waals surface area contributed by atoms with Crippen molar-refractivity contribution < 1.29 is 4.42 Å². The predicted molar refractivity (Wildman–Crippen MR) is 107 cm³/mol. The van der Waals surface area contributed by atoms with Gasteiger partial charge in [-0.2, -0.15) is 0 Å². The summed E-state index contributed by atoms with van der Waals surface area (Å²) in [5.74, 6) is 0.433. The Morgan fingerprint density at radius 2 is 1.44 bits per heavy atom. The van der Waals surface area contributed by atoms with Crippen molar-refractivity contribution in [2.24, 2.45) is 0 Å². The summed E-state index contributed by atoms with van der Waals surface area (Å²) in [6, 6.07) is 21.4. The first-order valence-corrected chi connectivity index (χ1v) is 8.81. The van der Waals surface area contributed by atoms with Crippen molar-refractivity contribution in [2.75, 3.05) is 11.9 Å². The van der Waals surface area contributed by atoms with Crippen molar-refractivity contribution in [1.29, 1.82) is 0 Å². The Balaban J connectivity index is 1.94. The molecule has 0 saturated heterocycles. The van der Waals surface area contributed by atoms with Gasteiger partial charge in [0.25, 0.3) is 0 Å². The third kappa shape index (κ3) is 2.58. The average Bonchev–Trinajstić information content (AvgIpc) is 3.00. The SMILES string of the molecule is Cc1ccc(N(C)c2cccc3c2oc2c(C(C)C)cccc23)cc1. The number of hydrogen-bond donors (Lipinski definition) is 0. The van der Waals surface area contributed by atoms with E-state index in [2.05, 4.69) is 93.4 Å². The predicted octanol–water partition coefficient (Wildman–Crippen LogP) is 6.79. The molecular formula is C23H23NO. The summed E-state index contributed by atoms with van der Waals surface area (Å²) in [5, 5.41) is 2.37. The maximum absolute atomic E-state index is 6.40. The highest BCUT2D eigenvalue weighted by molar-refractivity contribution is 6.10. The first kappa shape index (κ1) is 15.8. The third-order valence-electron chi connectivity index (χ3n) is 4.94. The molecule has 126 valence electrons. The Hall–Kier alpha value is -2.74. The lowest BCUT2D eigenvalue weighted by molar-refractivity contribution is 0.657. The van der Waals surface area contributed by atoms with Crippen LogP contribution in [-0.2, 0) is 0 Å². The molecule has 0 aliphatic rings. The number of fused-ring (bicyclic) bond motifs is 3. The molecule has 0 N–H and O–H groups in total. The van der Waals surface area contributed by atoms with Crippen LogP contribution in [0, 0.1) is 6.92 Å². The molecule has 1 aromatic heterocycles. The molecule has 0 saturated carbocycles. The van der Waals surface area contributed by atoms with E-state index in [1.165, 1.54) is 21.9 Å². The lowest BCUT2D eigenvalue weighted by Crippen LogP contribution is -2.09. The van der Waals surface area contributed by atoms with Crippen molar-refractivity contribution in [3.05, 3.63) is 71.8 Å². The van der Waals surface area contributed by atoms with Gasteiger partial charge in [-0.3, -0.25) is 0 Å². The van der Waals surface area contributed by atoms with Gasteiger partial charge in [-0.1, -0.05) is 61.9 Å². The first-order chi connectivity index (χ1) is 12.1. The number of anilines is 2. The second-order valence-electron chi connectivity index (χ2n) is 7.03. The standard InChI is InChI=1S/C23H23NO/c1-15(2)18-7-5-8-19-20-9-6-10-21(23(20)25-22(18)19)24(4)17-13-11-16(3)12-14-17/h5-15H,1-4H3. The van der Waals surface area contributed by atoms with E-state index in [-0.39, 0.29) is 0 Å². The van der Waals surface area contributed by atoms with Gasteiger partial charge in [-0.15, -0.1) is 0 Å². The van der Waals surface area contributed by atoms with E-state index in [9.17, 15) is 0 Å². The summed E-state index contributed by atoms with van der Waals surface area (Å²) in [5.41, 5.74) is 6.74. The van der Waals surface area contributed by atoms with Crippen LogP contribution in [0.4, 0.5) is 11.4 Å². The van der Waals surface area contributed by atoms with Crippen LogP contribution in [0.3, 0.4) is 0 Å². The fourth-order valence-electron chi connectivity index (χ4n) is 3.45. The number of benzene rings is 3. The second kappa shape index (κ2) is 5.96. The number of furan rings is 1. The fourth-order valence-corrected chi connectivity index (χ4v) is 3.45. The highest BCUT2D eigenvalue weighted by atomic mass is 16.3. The zero-order valence-corrected chi connectivity index (χ0v) is 15.2. The van der Waals surface area contributed by atoms with E-state index in [1.54, 1.807) is 0 Å². The number of nitrogens with zero attached hydrogens (tertiary/aromatic N) is 1. The minimum absolute atomic E-state index is 0.433. The van der Waals surface area contributed by atoms with Crippen LogP contribution in [0.1, 0.15) is 30.9 Å². The van der Waals surface area contributed by atoms with E-state index in [1.807, 2.05) is 0 Å². The third-order valence-corrected chi connectivity index (χ3v) is 4.94. The van der Waals surface area contributed by atoms with Crippen LogP contribution in [0.25, 0.3) is 21.9 Å². The first-order valence-electron chi connectivity index (χ1n) is 8.81. The molecule has 0 radical (unpaired) electrons. The Labute approximate surface area is 148 Å². The second-order valence-corrected chi connectivity index (χ2v) is 7.03. The van der Waals surface area contributed by atoms with Crippen molar-refractivity contribution >= 4 is 33.3 Å². The molecule has 0 bridgehead atoms. The molecule has 0 atom stereocenters. The summed E-state index contributed by atoms with van der Waals surface area (Å²) in [7, 11) is 2.09. The summed E-state index contributed by atoms with van der Waals surface area (Å²) in [6.07, 6.45) is 0. The molecule has 4 aromatic rings. The Kier molecular flexibility index (Phi) is 3.76. The van der Waals surface area contributed by atoms with Gasteiger partial charge in [0.05, 0.1) is 5.69 Å². The van der Waals surface area contributed by atoms with Crippen LogP contribution in [0.2, 0.25) is 0 Å². The van der Waals surface area contributed by atoms with Gasteiger partial charge in [0, 0.05) is 23.5 Å². The normalized spacial score (nSPS) is 11.6. The van der Waals surface area contributed by atoms with Gasteiger partial charge >= 0.3 is 0 Å². The molecular weight excluding hydrogens is 306 g/mol. The van der Waals surface area contributed by atoms with Gasteiger partial charge in [-0.05, 0) is 36.6 Å². The van der Waals surface area contributed by atoms with Crippen LogP contribution in [0.5, 0.6) is 0 Å². The lowest BCUT2D eigenvalue weighted by Gasteiger charge is -2.19. The van der Waals surface area contributed by atoms with E-state index in [0.717, 1.165) is 22.5 Å². The van der Waals surface area contributed by atoms with Crippen molar-refractivity contribution in [3.8, 4) is 0 Å². The van der Waals surface area contributed by atoms with Gasteiger partial charge < -0.3 is 9.32 Å². The molecule has 0 unspecified atom stereocenters. The lowest BCUT2D eigenvalue weighted by atomic mass is 10.0. The Morgan fingerprint density at radius 3 is 2.12 bits per heavy atom. The van der Waals surface area contributed by atoms with Gasteiger partial charge in [0.15, 0.2) is 5.58 Å². The van der Waals surface area contributed by atoms with E-state index >= 15 is 0 Å². The summed E-state index contributed by atoms with van der Waals surface area (Å²) < 4.78 is 6.40. The average molecular weight is 329 g/mol. The quantitative estimate of drug-likeness (QED) is 0.411. The molecule has 3 aromatic carbocycles. The molecule has 0 amide bonds. The zero-order valence-electron chi connectivity index (χ0n) is 15.2. The monoisotopic (exact) mass is 329 g/mol. The topological polar surface area (TPSA) is 16.4 Å². The van der Waals surface area contributed by atoms with Crippen molar-refractivity contribution in [3.63, 3.8) is 0 Å². The molecule has 0 spiro atoms. The van der Waals surface area contributed by atoms with E-state index in [4.69, 9.17) is 4.42 Å². The molecule has 0 fully saturated rings. The molecule has 4 rings (SSSR count). The molecule has 0 aliphatic carbocycles. The fraction of sp³-hybridized carbons (Fsp3) is 0.217. The molecule has 25 heavy (non-hydrogen) atoms. The van der Waals surface area contributed by atoms with Crippen LogP contribution < -0.4 is 4.90 Å². The van der Waals surface area contributed by atoms with Crippen molar-refractivity contribution in [2.45, 2.75) is 26.7 Å². The van der Waals surface area contributed by atoms with Gasteiger partial charge in [-0.25, -0.2) is 0 Å². The van der Waals surface area contributed by atoms with Crippen LogP contribution in [-0.4, -0.2) is 7.05 Å². The maximum Gasteiger partial charge on any atom is 0.159 e. The number of para-hydroxylation sites is 2. The van der Waals surface area contributed by atoms with Crippen LogP contribution in [0.15, 0.2) is 65.1 Å². The summed E-state index contributed by atoms with van der Waals surface area (Å²) >= 11 is 0. The van der Waals surface area contributed by atoms with Gasteiger partial charge in [0.1, 0.15) is 5.58 Å². The minimum Gasteiger partial charge on any atom is -0.454 e. The smallest absolute Gasteiger partial charge is 0.159 e. The maximum atomic E-state index is 6.40. The molecule has 1 heterocycles. The highest BCUT2D eigenvalue weighted by Crippen LogP contribution is 2.39. The summed E-state index contributed by atoms with van der Waals surface area (Å²) in [4.78, 5) is 2.19. The van der Waals surface area contributed by atoms with E-state index in [0.29, 0.717) is 5.92 Å². The highest BCUT2D eigenvalue weighted by Gasteiger charge is 2.17. The number of rotatable bonds is 3. The number of aryl methyl sites for hydroxylation is 1. The number of hydrogen-bond acceptors (Lipinski definition) is 2. The Bertz CT molecular complexity index is 1040. The largest absolute Gasteiger partial charge is 0.454 e. The Morgan fingerprint density at radius 1 is 0.800 bits per heavy atom. The zero-order chi connectivity index (χ0) is 17.6. The van der Waals surface area contributed by atoms with Gasteiger partial charge in [0.2, 0.25) is 0 Å². The minimum atomic E-state index is 0.433.